The van der Waals surface area contributed by atoms with E-state index in [1.165, 1.54) is 0 Å². The van der Waals surface area contributed by atoms with Crippen molar-refractivity contribution in [1.82, 2.24) is 24.8 Å². The van der Waals surface area contributed by atoms with Gasteiger partial charge in [0.1, 0.15) is 22.9 Å². The summed E-state index contributed by atoms with van der Waals surface area (Å²) in [6.45, 7) is 10.1. The zero-order chi connectivity index (χ0) is 30.4. The monoisotopic (exact) mass is 583 g/mol. The van der Waals surface area contributed by atoms with Crippen molar-refractivity contribution in [1.29, 1.82) is 0 Å². The summed E-state index contributed by atoms with van der Waals surface area (Å²) >= 11 is 0. The number of amides is 1. The van der Waals surface area contributed by atoms with Crippen LogP contribution in [-0.4, -0.2) is 89.8 Å². The maximum atomic E-state index is 12.4. The number of carbonyl (C=O) groups is 1. The van der Waals surface area contributed by atoms with Gasteiger partial charge < -0.3 is 29.5 Å². The Morgan fingerprint density at radius 3 is 2.49 bits per heavy atom. The average Bonchev–Trinajstić information content (AvgIpc) is 2.99. The fourth-order valence-electron chi connectivity index (χ4n) is 4.90. The van der Waals surface area contributed by atoms with Crippen molar-refractivity contribution in [2.45, 2.75) is 32.8 Å². The van der Waals surface area contributed by atoms with Crippen molar-refractivity contribution in [2.75, 3.05) is 63.6 Å². The van der Waals surface area contributed by atoms with Crippen LogP contribution in [0.2, 0.25) is 0 Å². The summed E-state index contributed by atoms with van der Waals surface area (Å²) in [5, 5.41) is 4.65. The maximum Gasteiger partial charge on any atom is 0.410 e. The van der Waals surface area contributed by atoms with Gasteiger partial charge >= 0.3 is 6.09 Å². The minimum absolute atomic E-state index is 0.266. The van der Waals surface area contributed by atoms with Crippen molar-refractivity contribution in [3.63, 3.8) is 0 Å². The van der Waals surface area contributed by atoms with E-state index < -0.39 is 5.60 Å². The fraction of sp³-hybridized carbons (Fsp3) is 0.394. The van der Waals surface area contributed by atoms with Gasteiger partial charge in [0, 0.05) is 67.8 Å². The Balaban J connectivity index is 1.34. The van der Waals surface area contributed by atoms with E-state index >= 15 is 0 Å². The standard InChI is InChI=1S/C33H41N7O3/c1-33(2,3)43-32(41)40-18-16-39(17-19-40)31-12-9-24(22-36-31)28-21-29(35-14-7-15-38(4)5)27-11-10-25(20-30(27)37-28)42-26-8-6-13-34-23-26/h6,8-13,20-23H,7,14-19H2,1-5H3,(H,35,37). The molecule has 4 aromatic rings. The summed E-state index contributed by atoms with van der Waals surface area (Å²) in [4.78, 5) is 32.5. The smallest absolute Gasteiger partial charge is 0.410 e. The molecule has 3 aromatic heterocycles. The van der Waals surface area contributed by atoms with Gasteiger partial charge in [-0.15, -0.1) is 0 Å². The Bertz CT molecular complexity index is 1510. The highest BCUT2D eigenvalue weighted by Crippen LogP contribution is 2.32. The van der Waals surface area contributed by atoms with Crippen LogP contribution in [0.25, 0.3) is 22.2 Å². The molecule has 1 saturated heterocycles. The molecule has 4 heterocycles. The van der Waals surface area contributed by atoms with Gasteiger partial charge in [0.2, 0.25) is 0 Å². The number of pyridine rings is 3. The molecule has 226 valence electrons. The molecular formula is C33H41N7O3. The van der Waals surface area contributed by atoms with E-state index in [0.717, 1.165) is 53.2 Å². The normalized spacial score (nSPS) is 13.8. The van der Waals surface area contributed by atoms with E-state index in [9.17, 15) is 4.79 Å². The molecule has 43 heavy (non-hydrogen) atoms. The van der Waals surface area contributed by atoms with Crippen LogP contribution in [0.4, 0.5) is 16.3 Å². The lowest BCUT2D eigenvalue weighted by atomic mass is 10.1. The lowest BCUT2D eigenvalue weighted by Crippen LogP contribution is -2.50. The molecule has 0 aliphatic carbocycles. The van der Waals surface area contributed by atoms with Gasteiger partial charge in [0.15, 0.2) is 0 Å². The number of nitrogens with zero attached hydrogens (tertiary/aromatic N) is 6. The first-order valence-electron chi connectivity index (χ1n) is 14.8. The van der Waals surface area contributed by atoms with Crippen LogP contribution in [0.3, 0.4) is 0 Å². The molecule has 0 bridgehead atoms. The third-order valence-electron chi connectivity index (χ3n) is 7.05. The second kappa shape index (κ2) is 13.2. The van der Waals surface area contributed by atoms with Crippen LogP contribution in [0.15, 0.2) is 67.1 Å². The highest BCUT2D eigenvalue weighted by atomic mass is 16.6. The summed E-state index contributed by atoms with van der Waals surface area (Å²) in [6, 6.07) is 15.9. The van der Waals surface area contributed by atoms with Crippen LogP contribution in [0.5, 0.6) is 11.5 Å². The molecule has 1 aliphatic heterocycles. The van der Waals surface area contributed by atoms with Crippen molar-refractivity contribution >= 4 is 28.5 Å². The number of aromatic nitrogens is 3. The number of piperazine rings is 1. The minimum atomic E-state index is -0.502. The topological polar surface area (TPSA) is 96.0 Å². The van der Waals surface area contributed by atoms with Gasteiger partial charge in [-0.3, -0.25) is 4.98 Å². The predicted octanol–water partition coefficient (Wildman–Crippen LogP) is 5.90. The lowest BCUT2D eigenvalue weighted by molar-refractivity contribution is 0.0240. The zero-order valence-corrected chi connectivity index (χ0v) is 25.7. The van der Waals surface area contributed by atoms with Crippen molar-refractivity contribution in [3.8, 4) is 22.8 Å². The van der Waals surface area contributed by atoms with E-state index in [1.807, 2.05) is 63.4 Å². The summed E-state index contributed by atoms with van der Waals surface area (Å²) < 4.78 is 11.6. The Hall–Kier alpha value is -4.44. The highest BCUT2D eigenvalue weighted by Gasteiger charge is 2.26. The third-order valence-corrected chi connectivity index (χ3v) is 7.05. The maximum absolute atomic E-state index is 12.4. The quantitative estimate of drug-likeness (QED) is 0.242. The SMILES string of the molecule is CN(C)CCCNc1cc(-c2ccc(N3CCN(C(=O)OC(C)(C)C)CC3)nc2)nc2cc(Oc3cccnc3)ccc12. The molecule has 0 saturated carbocycles. The first-order chi connectivity index (χ1) is 20.6. The molecule has 5 rings (SSSR count). The molecule has 10 heteroatoms. The van der Waals surface area contributed by atoms with Crippen molar-refractivity contribution < 1.29 is 14.3 Å². The first kappa shape index (κ1) is 30.0. The minimum Gasteiger partial charge on any atom is -0.456 e. The lowest BCUT2D eigenvalue weighted by Gasteiger charge is -2.36. The largest absolute Gasteiger partial charge is 0.456 e. The van der Waals surface area contributed by atoms with E-state index in [2.05, 4.69) is 46.3 Å². The van der Waals surface area contributed by atoms with Crippen molar-refractivity contribution in [3.05, 3.63) is 67.1 Å². The zero-order valence-electron chi connectivity index (χ0n) is 25.7. The summed E-state index contributed by atoms with van der Waals surface area (Å²) in [6.07, 6.45) is 6.04. The molecule has 1 aliphatic rings. The highest BCUT2D eigenvalue weighted by molar-refractivity contribution is 5.94. The van der Waals surface area contributed by atoms with Gasteiger partial charge in [0.05, 0.1) is 17.4 Å². The molecule has 0 atom stereocenters. The van der Waals surface area contributed by atoms with E-state index in [0.29, 0.717) is 37.7 Å². The number of hydrogen-bond acceptors (Lipinski definition) is 9. The molecule has 0 spiro atoms. The van der Waals surface area contributed by atoms with Crippen LogP contribution in [-0.2, 0) is 4.74 Å². The number of carbonyl (C=O) groups excluding carboxylic acids is 1. The second-order valence-corrected chi connectivity index (χ2v) is 12.0. The Morgan fingerprint density at radius 1 is 1.00 bits per heavy atom. The number of ether oxygens (including phenoxy) is 2. The Labute approximate surface area is 253 Å². The van der Waals surface area contributed by atoms with Gasteiger partial charge in [-0.1, -0.05) is 0 Å². The first-order valence-corrected chi connectivity index (χ1v) is 14.8. The number of rotatable bonds is 9. The number of benzene rings is 1. The predicted molar refractivity (Wildman–Crippen MR) is 171 cm³/mol. The fourth-order valence-corrected chi connectivity index (χ4v) is 4.90. The number of nitrogens with one attached hydrogen (secondary N) is 1. The van der Waals surface area contributed by atoms with Crippen LogP contribution < -0.4 is 15.0 Å². The van der Waals surface area contributed by atoms with Crippen LogP contribution >= 0.6 is 0 Å². The second-order valence-electron chi connectivity index (χ2n) is 12.0. The molecule has 10 nitrogen and oxygen atoms in total. The molecule has 1 N–H and O–H groups in total. The van der Waals surface area contributed by atoms with Gasteiger partial charge in [-0.25, -0.2) is 14.8 Å². The van der Waals surface area contributed by atoms with Gasteiger partial charge in [-0.05, 0) is 90.3 Å². The summed E-state index contributed by atoms with van der Waals surface area (Å²) in [7, 11) is 4.17. The van der Waals surface area contributed by atoms with E-state index in [1.54, 1.807) is 17.3 Å². The molecule has 1 amide bonds. The van der Waals surface area contributed by atoms with Crippen LogP contribution in [0, 0.1) is 0 Å². The summed E-state index contributed by atoms with van der Waals surface area (Å²) in [5.74, 6) is 2.25. The van der Waals surface area contributed by atoms with E-state index in [4.69, 9.17) is 19.4 Å². The van der Waals surface area contributed by atoms with Crippen molar-refractivity contribution in [2.24, 2.45) is 0 Å². The Kier molecular flexibility index (Phi) is 9.25. The molecule has 1 aromatic carbocycles. The molecule has 1 fully saturated rings. The summed E-state index contributed by atoms with van der Waals surface area (Å²) in [5.41, 5.74) is 3.10. The number of anilines is 2. The van der Waals surface area contributed by atoms with Gasteiger partial charge in [0.25, 0.3) is 0 Å². The molecular weight excluding hydrogens is 542 g/mol. The van der Waals surface area contributed by atoms with E-state index in [-0.39, 0.29) is 6.09 Å². The third kappa shape index (κ3) is 8.10. The average molecular weight is 584 g/mol. The number of hydrogen-bond donors (Lipinski definition) is 1. The van der Waals surface area contributed by atoms with Crippen LogP contribution in [0.1, 0.15) is 27.2 Å². The number of fused-ring (bicyclic) bond motifs is 1. The molecule has 0 unspecified atom stereocenters. The Morgan fingerprint density at radius 2 is 1.81 bits per heavy atom. The molecule has 0 radical (unpaired) electrons. The van der Waals surface area contributed by atoms with Gasteiger partial charge in [-0.2, -0.15) is 0 Å².